The Hall–Kier alpha value is -4.54. The number of H-pyrrole nitrogens is 2. The lowest BCUT2D eigenvalue weighted by molar-refractivity contribution is 0.331. The van der Waals surface area contributed by atoms with Crippen LogP contribution in [0.3, 0.4) is 0 Å². The Bertz CT molecular complexity index is 1930. The number of hydrogen-bond donors (Lipinski definition) is 2. The molecule has 0 amide bonds. The molecule has 0 bridgehead atoms. The number of halogens is 1. The van der Waals surface area contributed by atoms with Crippen LogP contribution in [0.15, 0.2) is 61.2 Å². The fourth-order valence-electron chi connectivity index (χ4n) is 6.65. The van der Waals surface area contributed by atoms with Crippen LogP contribution in [-0.2, 0) is 6.54 Å². The number of likely N-dealkylation sites (tertiary alicyclic amines) is 2. The fraction of sp³-hybridized carbons (Fsp3) is 0.361. The number of nitrogens with zero attached hydrogens (tertiary/aromatic N) is 7. The molecule has 2 saturated heterocycles. The number of pyridine rings is 3. The zero-order valence-corrected chi connectivity index (χ0v) is 26.6. The summed E-state index contributed by atoms with van der Waals surface area (Å²) < 4.78 is 14.2. The van der Waals surface area contributed by atoms with Crippen molar-refractivity contribution in [1.82, 2.24) is 44.9 Å². The number of aromatic amines is 2. The van der Waals surface area contributed by atoms with Gasteiger partial charge in [-0.15, -0.1) is 0 Å². The molecule has 0 spiro atoms. The number of hydrogen-bond acceptors (Lipinski definition) is 7. The zero-order chi connectivity index (χ0) is 31.5. The van der Waals surface area contributed by atoms with Crippen molar-refractivity contribution in [3.8, 4) is 33.8 Å². The van der Waals surface area contributed by atoms with Crippen LogP contribution in [-0.4, -0.2) is 77.6 Å². The number of fused-ring (bicyclic) bond motifs is 2. The van der Waals surface area contributed by atoms with E-state index >= 15 is 0 Å². The zero-order valence-electron chi connectivity index (χ0n) is 26.6. The smallest absolute Gasteiger partial charge is 0.181 e. The minimum Gasteiger partial charge on any atom is -0.335 e. The molecule has 2 aliphatic heterocycles. The van der Waals surface area contributed by atoms with Gasteiger partial charge in [0, 0.05) is 48.0 Å². The normalized spacial score (nSPS) is 15.5. The summed E-state index contributed by atoms with van der Waals surface area (Å²) in [6.45, 7) is 11.3. The van der Waals surface area contributed by atoms with E-state index in [4.69, 9.17) is 4.98 Å². The molecule has 0 unspecified atom stereocenters. The standard InChI is InChI=1S/C29H25FN8.C7H15N/c1-17-8-19(11-22(30)9-17)23-4-5-32-28-25(23)34-29(35-28)26-24-12-21(15-33-27(24)37-36-26)20-10-18(13-31-14-20)16-38-6-2-3-7-38;1-2-5-8-6-3-4-7-8/h4-5,8-15H,2-3,6-7,16H2,1H3,(H,32,34,35)(H,33,36,37);2-7H2,1H3. The van der Waals surface area contributed by atoms with Crippen LogP contribution in [0, 0.1) is 12.7 Å². The summed E-state index contributed by atoms with van der Waals surface area (Å²) in [4.78, 5) is 26.7. The fourth-order valence-corrected chi connectivity index (χ4v) is 6.65. The third-order valence-corrected chi connectivity index (χ3v) is 8.86. The van der Waals surface area contributed by atoms with Gasteiger partial charge in [-0.3, -0.25) is 15.0 Å². The maximum atomic E-state index is 14.2. The van der Waals surface area contributed by atoms with Crippen molar-refractivity contribution < 1.29 is 4.39 Å². The van der Waals surface area contributed by atoms with Crippen molar-refractivity contribution in [2.75, 3.05) is 32.7 Å². The molecule has 2 fully saturated rings. The predicted octanol–water partition coefficient (Wildman–Crippen LogP) is 7.16. The van der Waals surface area contributed by atoms with E-state index in [9.17, 15) is 4.39 Å². The second kappa shape index (κ2) is 13.4. The van der Waals surface area contributed by atoms with Crippen LogP contribution >= 0.6 is 0 Å². The van der Waals surface area contributed by atoms with Crippen LogP contribution in [0.2, 0.25) is 0 Å². The first-order chi connectivity index (χ1) is 22.5. The molecule has 2 aliphatic rings. The lowest BCUT2D eigenvalue weighted by atomic mass is 10.0. The monoisotopic (exact) mass is 617 g/mol. The molecule has 7 heterocycles. The summed E-state index contributed by atoms with van der Waals surface area (Å²) >= 11 is 0. The Morgan fingerprint density at radius 1 is 0.826 bits per heavy atom. The third-order valence-electron chi connectivity index (χ3n) is 8.86. The van der Waals surface area contributed by atoms with Gasteiger partial charge in [-0.2, -0.15) is 5.10 Å². The molecule has 0 radical (unpaired) electrons. The van der Waals surface area contributed by atoms with Gasteiger partial charge >= 0.3 is 0 Å². The van der Waals surface area contributed by atoms with Crippen molar-refractivity contribution in [1.29, 1.82) is 0 Å². The molecule has 2 N–H and O–H groups in total. The third kappa shape index (κ3) is 6.54. The minimum absolute atomic E-state index is 0.276. The van der Waals surface area contributed by atoms with Crippen molar-refractivity contribution in [3.05, 3.63) is 78.1 Å². The second-order valence-electron chi connectivity index (χ2n) is 12.5. The molecule has 0 aliphatic carbocycles. The average Bonchev–Trinajstić information content (AvgIpc) is 3.88. The summed E-state index contributed by atoms with van der Waals surface area (Å²) in [5, 5.41) is 8.33. The molecule has 236 valence electrons. The number of rotatable bonds is 7. The molecule has 46 heavy (non-hydrogen) atoms. The average molecular weight is 618 g/mol. The molecular weight excluding hydrogens is 577 g/mol. The highest BCUT2D eigenvalue weighted by Crippen LogP contribution is 2.32. The van der Waals surface area contributed by atoms with Crippen molar-refractivity contribution >= 4 is 22.2 Å². The Kier molecular flexibility index (Phi) is 8.81. The first-order valence-corrected chi connectivity index (χ1v) is 16.4. The summed E-state index contributed by atoms with van der Waals surface area (Å²) in [5.41, 5.74) is 8.21. The van der Waals surface area contributed by atoms with E-state index in [2.05, 4.69) is 59.0 Å². The van der Waals surface area contributed by atoms with Crippen LogP contribution < -0.4 is 0 Å². The van der Waals surface area contributed by atoms with Crippen LogP contribution in [0.25, 0.3) is 56.0 Å². The Morgan fingerprint density at radius 2 is 1.61 bits per heavy atom. The Morgan fingerprint density at radius 3 is 2.39 bits per heavy atom. The van der Waals surface area contributed by atoms with Crippen molar-refractivity contribution in [2.24, 2.45) is 0 Å². The van der Waals surface area contributed by atoms with Crippen LogP contribution in [0.1, 0.15) is 50.2 Å². The lowest BCUT2D eigenvalue weighted by Gasteiger charge is -2.14. The summed E-state index contributed by atoms with van der Waals surface area (Å²) in [5.74, 6) is 0.317. The quantitative estimate of drug-likeness (QED) is 0.196. The van der Waals surface area contributed by atoms with Crippen molar-refractivity contribution in [2.45, 2.75) is 52.5 Å². The van der Waals surface area contributed by atoms with Gasteiger partial charge in [-0.25, -0.2) is 19.3 Å². The highest BCUT2D eigenvalue weighted by Gasteiger charge is 2.18. The lowest BCUT2D eigenvalue weighted by Crippen LogP contribution is -2.19. The van der Waals surface area contributed by atoms with Crippen LogP contribution in [0.5, 0.6) is 0 Å². The number of aryl methyl sites for hydroxylation is 1. The Labute approximate surface area is 268 Å². The predicted molar refractivity (Wildman–Crippen MR) is 181 cm³/mol. The minimum atomic E-state index is -0.276. The summed E-state index contributed by atoms with van der Waals surface area (Å²) in [6, 6.07) is 11.1. The van der Waals surface area contributed by atoms with Gasteiger partial charge in [0.05, 0.1) is 10.9 Å². The van der Waals surface area contributed by atoms with Gasteiger partial charge in [0.1, 0.15) is 11.5 Å². The first kappa shape index (κ1) is 30.1. The molecule has 9 nitrogen and oxygen atoms in total. The summed E-state index contributed by atoms with van der Waals surface area (Å²) in [6.07, 6.45) is 14.0. The van der Waals surface area contributed by atoms with Crippen molar-refractivity contribution in [3.63, 3.8) is 0 Å². The van der Waals surface area contributed by atoms with E-state index in [1.54, 1.807) is 6.20 Å². The topological polar surface area (TPSA) is 103 Å². The van der Waals surface area contributed by atoms with Gasteiger partial charge in [-0.1, -0.05) is 13.0 Å². The SMILES string of the molecule is CCCN1CCCC1.Cc1cc(F)cc(-c2ccnc3nc(-c4[nH]nc5ncc(-c6cncc(CN7CCCC7)c6)cc45)[nH]c23)c1. The molecule has 0 saturated carbocycles. The molecule has 5 aromatic heterocycles. The number of aromatic nitrogens is 7. The second-order valence-corrected chi connectivity index (χ2v) is 12.5. The Balaban J connectivity index is 0.000000371. The number of imidazole rings is 1. The number of nitrogens with one attached hydrogen (secondary N) is 2. The van der Waals surface area contributed by atoms with E-state index in [-0.39, 0.29) is 5.82 Å². The van der Waals surface area contributed by atoms with Crippen LogP contribution in [0.4, 0.5) is 4.39 Å². The van der Waals surface area contributed by atoms with Gasteiger partial charge in [-0.05, 0) is 119 Å². The van der Waals surface area contributed by atoms with E-state index in [1.807, 2.05) is 37.6 Å². The molecular formula is C36H40FN9. The maximum absolute atomic E-state index is 14.2. The van der Waals surface area contributed by atoms with Gasteiger partial charge in [0.25, 0.3) is 0 Å². The molecule has 0 atom stereocenters. The van der Waals surface area contributed by atoms with Gasteiger partial charge in [0.2, 0.25) is 0 Å². The van der Waals surface area contributed by atoms with E-state index in [0.29, 0.717) is 17.1 Å². The largest absolute Gasteiger partial charge is 0.335 e. The molecule has 8 rings (SSSR count). The van der Waals surface area contributed by atoms with Gasteiger partial charge in [0.15, 0.2) is 17.1 Å². The van der Waals surface area contributed by atoms with E-state index in [1.165, 1.54) is 69.4 Å². The van der Waals surface area contributed by atoms with E-state index < -0.39 is 0 Å². The maximum Gasteiger partial charge on any atom is 0.181 e. The molecule has 1 aromatic carbocycles. The molecule has 6 aromatic rings. The number of benzene rings is 1. The van der Waals surface area contributed by atoms with E-state index in [0.717, 1.165) is 64.0 Å². The first-order valence-electron chi connectivity index (χ1n) is 16.4. The summed E-state index contributed by atoms with van der Waals surface area (Å²) in [7, 11) is 0. The molecule has 10 heteroatoms. The highest BCUT2D eigenvalue weighted by molar-refractivity contribution is 5.96. The van der Waals surface area contributed by atoms with Gasteiger partial charge < -0.3 is 9.88 Å². The highest BCUT2D eigenvalue weighted by atomic mass is 19.1.